The number of nitrogens with one attached hydrogen (secondary N) is 2. The van der Waals surface area contributed by atoms with Gasteiger partial charge in [-0.25, -0.2) is 4.98 Å². The highest BCUT2D eigenvalue weighted by Gasteiger charge is 2.15. The van der Waals surface area contributed by atoms with E-state index < -0.39 is 0 Å². The highest BCUT2D eigenvalue weighted by Crippen LogP contribution is 2.12. The van der Waals surface area contributed by atoms with Crippen LogP contribution in [0.25, 0.3) is 0 Å². The average Bonchev–Trinajstić information content (AvgIpc) is 3.24. The average molecular weight is 323 g/mol. The molecule has 1 aromatic heterocycles. The summed E-state index contributed by atoms with van der Waals surface area (Å²) in [6.45, 7) is 8.69. The fourth-order valence-electron chi connectivity index (χ4n) is 2.39. The van der Waals surface area contributed by atoms with Crippen LogP contribution in [-0.2, 0) is 16.0 Å². The van der Waals surface area contributed by atoms with E-state index in [1.54, 1.807) is 6.20 Å². The van der Waals surface area contributed by atoms with Gasteiger partial charge in [0.1, 0.15) is 0 Å². The second-order valence-electron chi connectivity index (χ2n) is 5.65. The van der Waals surface area contributed by atoms with E-state index in [1.165, 1.54) is 0 Å². The molecule has 1 unspecified atom stereocenters. The molecule has 0 aliphatic carbocycles. The summed E-state index contributed by atoms with van der Waals surface area (Å²) in [6, 6.07) is 0. The fourth-order valence-corrected chi connectivity index (χ4v) is 2.39. The maximum Gasteiger partial charge on any atom is 0.191 e. The fraction of sp³-hybridized carbons (Fsp3) is 0.750. The summed E-state index contributed by atoms with van der Waals surface area (Å²) in [6.07, 6.45) is 7.63. The summed E-state index contributed by atoms with van der Waals surface area (Å²) >= 11 is 0. The molecule has 0 spiro atoms. The van der Waals surface area contributed by atoms with Gasteiger partial charge in [0.25, 0.3) is 0 Å². The summed E-state index contributed by atoms with van der Waals surface area (Å²) in [4.78, 5) is 8.60. The molecule has 1 aliphatic heterocycles. The van der Waals surface area contributed by atoms with Crippen LogP contribution in [0.3, 0.4) is 0 Å². The lowest BCUT2D eigenvalue weighted by molar-refractivity contribution is 0.0893. The van der Waals surface area contributed by atoms with E-state index in [2.05, 4.69) is 27.5 Å². The molecule has 2 N–H and O–H groups in total. The number of rotatable bonds is 10. The van der Waals surface area contributed by atoms with Crippen LogP contribution < -0.4 is 10.6 Å². The normalized spacial score (nSPS) is 18.3. The first-order chi connectivity index (χ1) is 11.4. The Morgan fingerprint density at radius 2 is 2.43 bits per heavy atom. The largest absolute Gasteiger partial charge is 0.381 e. The minimum absolute atomic E-state index is 0.584. The number of guanidine groups is 1. The predicted molar refractivity (Wildman–Crippen MR) is 90.6 cm³/mol. The quantitative estimate of drug-likeness (QED) is 0.380. The van der Waals surface area contributed by atoms with Crippen molar-refractivity contribution in [1.29, 1.82) is 0 Å². The van der Waals surface area contributed by atoms with Crippen LogP contribution in [0.2, 0.25) is 0 Å². The van der Waals surface area contributed by atoms with Crippen molar-refractivity contribution in [2.24, 2.45) is 10.9 Å². The Morgan fingerprint density at radius 1 is 1.48 bits per heavy atom. The molecule has 130 valence electrons. The minimum atomic E-state index is 0.584. The summed E-state index contributed by atoms with van der Waals surface area (Å²) in [5, 5.41) is 6.58. The first-order valence-corrected chi connectivity index (χ1v) is 8.52. The molecule has 1 aliphatic rings. The lowest BCUT2D eigenvalue weighted by Crippen LogP contribution is -2.38. The van der Waals surface area contributed by atoms with Gasteiger partial charge in [0.15, 0.2) is 5.96 Å². The second-order valence-corrected chi connectivity index (χ2v) is 5.65. The van der Waals surface area contributed by atoms with Crippen molar-refractivity contribution >= 4 is 5.96 Å². The van der Waals surface area contributed by atoms with Crippen molar-refractivity contribution < 1.29 is 9.47 Å². The zero-order chi connectivity index (χ0) is 16.2. The van der Waals surface area contributed by atoms with E-state index >= 15 is 0 Å². The smallest absolute Gasteiger partial charge is 0.191 e. The molecule has 1 fully saturated rings. The molecule has 0 amide bonds. The molecule has 0 radical (unpaired) electrons. The van der Waals surface area contributed by atoms with Crippen molar-refractivity contribution in [2.75, 3.05) is 46.1 Å². The maximum absolute atomic E-state index is 5.69. The van der Waals surface area contributed by atoms with Gasteiger partial charge in [-0.2, -0.15) is 0 Å². The van der Waals surface area contributed by atoms with E-state index in [4.69, 9.17) is 9.47 Å². The van der Waals surface area contributed by atoms with Gasteiger partial charge in [0.05, 0.1) is 19.5 Å². The topological polar surface area (TPSA) is 72.7 Å². The maximum atomic E-state index is 5.69. The first-order valence-electron chi connectivity index (χ1n) is 8.52. The van der Waals surface area contributed by atoms with Gasteiger partial charge < -0.3 is 24.7 Å². The third-order valence-electron chi connectivity index (χ3n) is 3.66. The van der Waals surface area contributed by atoms with Crippen LogP contribution in [0.1, 0.15) is 19.8 Å². The van der Waals surface area contributed by atoms with E-state index in [9.17, 15) is 0 Å². The zero-order valence-electron chi connectivity index (χ0n) is 14.0. The number of imidazole rings is 1. The highest BCUT2D eigenvalue weighted by atomic mass is 16.5. The summed E-state index contributed by atoms with van der Waals surface area (Å²) in [7, 11) is 0. The van der Waals surface area contributed by atoms with Crippen LogP contribution >= 0.6 is 0 Å². The summed E-state index contributed by atoms with van der Waals surface area (Å²) in [5.41, 5.74) is 0. The monoisotopic (exact) mass is 323 g/mol. The van der Waals surface area contributed by atoms with Crippen LogP contribution in [0.15, 0.2) is 23.7 Å². The van der Waals surface area contributed by atoms with E-state index in [0.29, 0.717) is 5.92 Å². The molecule has 1 aromatic rings. The van der Waals surface area contributed by atoms with Crippen molar-refractivity contribution in [2.45, 2.75) is 26.3 Å². The molecule has 2 rings (SSSR count). The Kier molecular flexibility index (Phi) is 8.50. The molecule has 7 nitrogen and oxygen atoms in total. The van der Waals surface area contributed by atoms with Crippen molar-refractivity contribution in [3.63, 3.8) is 0 Å². The molecule has 1 atom stereocenters. The molecule has 0 aromatic carbocycles. The lowest BCUT2D eigenvalue weighted by Gasteiger charge is -2.12. The third-order valence-corrected chi connectivity index (χ3v) is 3.66. The predicted octanol–water partition coefficient (Wildman–Crippen LogP) is 0.881. The minimum Gasteiger partial charge on any atom is -0.381 e. The molecule has 1 saturated heterocycles. The molecular formula is C16H29N5O2. The first kappa shape index (κ1) is 17.7. The van der Waals surface area contributed by atoms with Gasteiger partial charge in [0.2, 0.25) is 0 Å². The Bertz CT molecular complexity index is 430. The molecular weight excluding hydrogens is 294 g/mol. The number of hydrogen-bond donors (Lipinski definition) is 2. The molecule has 0 saturated carbocycles. The van der Waals surface area contributed by atoms with Gasteiger partial charge in [0, 0.05) is 57.7 Å². The second kappa shape index (κ2) is 11.0. The Labute approximate surface area is 138 Å². The SMILES string of the molecule is CCNC(=NCCCOCC1CCOC1)NCCn1ccnc1. The van der Waals surface area contributed by atoms with Crippen molar-refractivity contribution in [3.8, 4) is 0 Å². The van der Waals surface area contributed by atoms with E-state index in [0.717, 1.165) is 71.4 Å². The Morgan fingerprint density at radius 3 is 3.17 bits per heavy atom. The van der Waals surface area contributed by atoms with Crippen LogP contribution in [-0.4, -0.2) is 61.6 Å². The van der Waals surface area contributed by atoms with Gasteiger partial charge in [-0.15, -0.1) is 0 Å². The van der Waals surface area contributed by atoms with Crippen LogP contribution in [0.5, 0.6) is 0 Å². The van der Waals surface area contributed by atoms with Gasteiger partial charge >= 0.3 is 0 Å². The molecule has 0 bridgehead atoms. The van der Waals surface area contributed by atoms with Gasteiger partial charge in [-0.1, -0.05) is 0 Å². The third kappa shape index (κ3) is 7.47. The van der Waals surface area contributed by atoms with Crippen LogP contribution in [0.4, 0.5) is 0 Å². The van der Waals surface area contributed by atoms with Crippen molar-refractivity contribution in [3.05, 3.63) is 18.7 Å². The van der Waals surface area contributed by atoms with Gasteiger partial charge in [-0.3, -0.25) is 4.99 Å². The summed E-state index contributed by atoms with van der Waals surface area (Å²) < 4.78 is 13.1. The number of ether oxygens (including phenoxy) is 2. The zero-order valence-corrected chi connectivity index (χ0v) is 14.0. The summed E-state index contributed by atoms with van der Waals surface area (Å²) in [5.74, 6) is 1.44. The van der Waals surface area contributed by atoms with E-state index in [1.807, 2.05) is 17.1 Å². The Hall–Kier alpha value is -1.60. The molecule has 7 heteroatoms. The van der Waals surface area contributed by atoms with E-state index in [-0.39, 0.29) is 0 Å². The number of hydrogen-bond acceptors (Lipinski definition) is 4. The van der Waals surface area contributed by atoms with Crippen molar-refractivity contribution in [1.82, 2.24) is 20.2 Å². The number of nitrogens with zero attached hydrogens (tertiary/aromatic N) is 3. The Balaban J connectivity index is 1.54. The molecule has 2 heterocycles. The standard InChI is InChI=1S/C16H29N5O2/c1-2-18-16(20-7-9-21-8-6-17-14-21)19-5-3-10-22-12-15-4-11-23-13-15/h6,8,14-15H,2-5,7,9-13H2,1H3,(H2,18,19,20). The van der Waals surface area contributed by atoms with Gasteiger partial charge in [-0.05, 0) is 19.8 Å². The number of aromatic nitrogens is 2. The number of aliphatic imine (C=N–C) groups is 1. The highest BCUT2D eigenvalue weighted by molar-refractivity contribution is 5.79. The molecule has 23 heavy (non-hydrogen) atoms. The lowest BCUT2D eigenvalue weighted by atomic mass is 10.1. The van der Waals surface area contributed by atoms with Crippen LogP contribution in [0, 0.1) is 5.92 Å².